The number of nitrogens with zero attached hydrogens (tertiary/aromatic N) is 1. The highest BCUT2D eigenvalue weighted by atomic mass is 19.1. The quantitative estimate of drug-likeness (QED) is 0.791. The Morgan fingerprint density at radius 1 is 1.15 bits per heavy atom. The monoisotopic (exact) mass is 353 g/mol. The van der Waals surface area contributed by atoms with Crippen molar-refractivity contribution in [1.82, 2.24) is 0 Å². The molecule has 0 aromatic heterocycles. The van der Waals surface area contributed by atoms with Gasteiger partial charge < -0.3 is 9.64 Å². The molecule has 0 radical (unpaired) electrons. The second-order valence-electron chi connectivity index (χ2n) is 6.92. The molecule has 3 atom stereocenters. The van der Waals surface area contributed by atoms with Gasteiger partial charge in [-0.2, -0.15) is 0 Å². The molecule has 2 aromatic rings. The minimum atomic E-state index is -0.851. The normalized spacial score (nSPS) is 21.8. The van der Waals surface area contributed by atoms with Crippen molar-refractivity contribution in [3.8, 4) is 0 Å². The van der Waals surface area contributed by atoms with Crippen molar-refractivity contribution in [3.05, 3.63) is 65.5 Å². The van der Waals surface area contributed by atoms with Crippen LogP contribution in [0.2, 0.25) is 0 Å². The zero-order valence-electron chi connectivity index (χ0n) is 14.5. The number of para-hydroxylation sites is 1. The molecule has 0 saturated heterocycles. The summed E-state index contributed by atoms with van der Waals surface area (Å²) in [7, 11) is 0. The number of esters is 1. The number of ether oxygens (including phenoxy) is 1. The molecule has 1 fully saturated rings. The molecule has 134 valence electrons. The van der Waals surface area contributed by atoms with E-state index >= 15 is 0 Å². The molecule has 5 heteroatoms. The Bertz CT molecular complexity index is 866. The van der Waals surface area contributed by atoms with Gasteiger partial charge in [-0.1, -0.05) is 36.4 Å². The van der Waals surface area contributed by atoms with E-state index < -0.39 is 12.1 Å². The largest absolute Gasteiger partial charge is 0.452 e. The summed E-state index contributed by atoms with van der Waals surface area (Å²) in [5, 5.41) is 0. The van der Waals surface area contributed by atoms with Gasteiger partial charge >= 0.3 is 5.97 Å². The molecule has 0 N–H and O–H groups in total. The Balaban J connectivity index is 1.38. The molecule has 1 aliphatic heterocycles. The van der Waals surface area contributed by atoms with Crippen LogP contribution in [0, 0.1) is 11.7 Å². The maximum absolute atomic E-state index is 13.8. The Morgan fingerprint density at radius 3 is 2.69 bits per heavy atom. The third-order valence-electron chi connectivity index (χ3n) is 5.19. The summed E-state index contributed by atoms with van der Waals surface area (Å²) in [5.41, 5.74) is 2.55. The Labute approximate surface area is 151 Å². The van der Waals surface area contributed by atoms with E-state index in [0.29, 0.717) is 18.5 Å². The topological polar surface area (TPSA) is 46.6 Å². The van der Waals surface area contributed by atoms with Crippen molar-refractivity contribution < 1.29 is 18.7 Å². The van der Waals surface area contributed by atoms with E-state index in [9.17, 15) is 14.0 Å². The summed E-state index contributed by atoms with van der Waals surface area (Å²) in [4.78, 5) is 26.7. The molecule has 2 aromatic carbocycles. The number of hydrogen-bond acceptors (Lipinski definition) is 3. The Kier molecular flexibility index (Phi) is 4.23. The van der Waals surface area contributed by atoms with Gasteiger partial charge in [-0.05, 0) is 43.0 Å². The summed E-state index contributed by atoms with van der Waals surface area (Å²) in [6.07, 6.45) is 0.517. The molecule has 4 nitrogen and oxygen atoms in total. The molecule has 1 heterocycles. The number of fused-ring (bicyclic) bond motifs is 1. The van der Waals surface area contributed by atoms with E-state index in [1.165, 1.54) is 6.07 Å². The Hall–Kier alpha value is -2.69. The van der Waals surface area contributed by atoms with Crippen LogP contribution in [0.3, 0.4) is 0 Å². The number of rotatable bonds is 4. The predicted molar refractivity (Wildman–Crippen MR) is 95.3 cm³/mol. The minimum Gasteiger partial charge on any atom is -0.452 e. The molecule has 0 spiro atoms. The van der Waals surface area contributed by atoms with E-state index in [1.54, 1.807) is 30.0 Å². The van der Waals surface area contributed by atoms with E-state index in [2.05, 4.69) is 0 Å². The molecule has 1 saturated carbocycles. The summed E-state index contributed by atoms with van der Waals surface area (Å²) < 4.78 is 19.2. The highest BCUT2D eigenvalue weighted by molar-refractivity contribution is 5.99. The second kappa shape index (κ2) is 6.56. The summed E-state index contributed by atoms with van der Waals surface area (Å²) in [6.45, 7) is 2.20. The van der Waals surface area contributed by atoms with Gasteiger partial charge in [0.15, 0.2) is 6.10 Å². The van der Waals surface area contributed by atoms with Crippen LogP contribution >= 0.6 is 0 Å². The molecule has 2 aliphatic rings. The zero-order valence-corrected chi connectivity index (χ0v) is 14.5. The molecule has 26 heavy (non-hydrogen) atoms. The molecule has 1 amide bonds. The van der Waals surface area contributed by atoms with Crippen molar-refractivity contribution in [1.29, 1.82) is 0 Å². The molecule has 0 bridgehead atoms. The first-order valence-corrected chi connectivity index (χ1v) is 8.90. The SMILES string of the molecule is C[C@H](OC(=O)[C@@H]1C[C@@H]1c1ccccc1F)C(=O)N1CCc2ccccc21. The van der Waals surface area contributed by atoms with Crippen LogP contribution in [0.5, 0.6) is 0 Å². The van der Waals surface area contributed by atoms with E-state index in [0.717, 1.165) is 17.7 Å². The lowest BCUT2D eigenvalue weighted by Crippen LogP contribution is -2.39. The maximum atomic E-state index is 13.8. The number of amides is 1. The number of hydrogen-bond donors (Lipinski definition) is 0. The lowest BCUT2D eigenvalue weighted by atomic mass is 10.1. The van der Waals surface area contributed by atoms with Crippen molar-refractivity contribution in [2.45, 2.75) is 31.8 Å². The van der Waals surface area contributed by atoms with Crippen LogP contribution in [0.15, 0.2) is 48.5 Å². The van der Waals surface area contributed by atoms with Crippen LogP contribution in [0.25, 0.3) is 0 Å². The summed E-state index contributed by atoms with van der Waals surface area (Å²) in [6, 6.07) is 14.2. The lowest BCUT2D eigenvalue weighted by molar-refractivity contribution is -0.155. The van der Waals surface area contributed by atoms with E-state index in [-0.39, 0.29) is 23.6 Å². The number of anilines is 1. The van der Waals surface area contributed by atoms with Gasteiger partial charge in [0.05, 0.1) is 5.92 Å². The van der Waals surface area contributed by atoms with E-state index in [4.69, 9.17) is 4.74 Å². The summed E-state index contributed by atoms with van der Waals surface area (Å²) >= 11 is 0. The molecule has 0 unspecified atom stereocenters. The standard InChI is InChI=1S/C21H20FNO3/c1-13(20(24)23-11-10-14-6-2-5-9-19(14)23)26-21(25)17-12-16(17)15-7-3-4-8-18(15)22/h2-9,13,16-17H,10-12H2,1H3/t13-,16+,17+/m0/s1. The number of carbonyl (C=O) groups excluding carboxylic acids is 2. The van der Waals surface area contributed by atoms with Gasteiger partial charge in [-0.25, -0.2) is 4.39 Å². The first-order valence-electron chi connectivity index (χ1n) is 8.90. The fraction of sp³-hybridized carbons (Fsp3) is 0.333. The van der Waals surface area contributed by atoms with Gasteiger partial charge in [0.2, 0.25) is 0 Å². The van der Waals surface area contributed by atoms with Crippen molar-refractivity contribution >= 4 is 17.6 Å². The van der Waals surface area contributed by atoms with Crippen LogP contribution in [0.4, 0.5) is 10.1 Å². The highest BCUT2D eigenvalue weighted by Crippen LogP contribution is 2.49. The highest BCUT2D eigenvalue weighted by Gasteiger charge is 2.47. The average molecular weight is 353 g/mol. The maximum Gasteiger partial charge on any atom is 0.310 e. The fourth-order valence-corrected chi connectivity index (χ4v) is 3.67. The third-order valence-corrected chi connectivity index (χ3v) is 5.19. The lowest BCUT2D eigenvalue weighted by Gasteiger charge is -2.21. The van der Waals surface area contributed by atoms with Crippen LogP contribution in [0.1, 0.15) is 30.4 Å². The summed E-state index contributed by atoms with van der Waals surface area (Å²) in [5.74, 6) is -1.46. The number of benzene rings is 2. The smallest absolute Gasteiger partial charge is 0.310 e. The number of carbonyl (C=O) groups is 2. The first kappa shape index (κ1) is 16.8. The second-order valence-corrected chi connectivity index (χ2v) is 6.92. The van der Waals surface area contributed by atoms with Gasteiger partial charge in [-0.15, -0.1) is 0 Å². The van der Waals surface area contributed by atoms with Crippen LogP contribution in [-0.4, -0.2) is 24.5 Å². The van der Waals surface area contributed by atoms with E-state index in [1.807, 2.05) is 24.3 Å². The fourth-order valence-electron chi connectivity index (χ4n) is 3.67. The third kappa shape index (κ3) is 2.98. The molecular weight excluding hydrogens is 333 g/mol. The first-order chi connectivity index (χ1) is 12.6. The minimum absolute atomic E-state index is 0.154. The average Bonchev–Trinajstić information content (AvgIpc) is 3.33. The van der Waals surface area contributed by atoms with Gasteiger partial charge in [0.25, 0.3) is 5.91 Å². The Morgan fingerprint density at radius 2 is 1.88 bits per heavy atom. The number of halogens is 1. The molecule has 4 rings (SSSR count). The van der Waals surface area contributed by atoms with Gasteiger partial charge in [-0.3, -0.25) is 9.59 Å². The zero-order chi connectivity index (χ0) is 18.3. The van der Waals surface area contributed by atoms with Gasteiger partial charge in [0.1, 0.15) is 5.82 Å². The van der Waals surface area contributed by atoms with Crippen molar-refractivity contribution in [2.24, 2.45) is 5.92 Å². The predicted octanol–water partition coefficient (Wildman–Crippen LogP) is 3.45. The molecular formula is C21H20FNO3. The molecule has 1 aliphatic carbocycles. The van der Waals surface area contributed by atoms with Gasteiger partial charge in [0, 0.05) is 18.2 Å². The van der Waals surface area contributed by atoms with Crippen molar-refractivity contribution in [3.63, 3.8) is 0 Å². The van der Waals surface area contributed by atoms with Crippen LogP contribution < -0.4 is 4.90 Å². The van der Waals surface area contributed by atoms with Crippen LogP contribution in [-0.2, 0) is 20.7 Å². The van der Waals surface area contributed by atoms with Crippen molar-refractivity contribution in [2.75, 3.05) is 11.4 Å².